The number of aromatic nitrogens is 2. The molecule has 4 rings (SSSR count). The van der Waals surface area contributed by atoms with Gasteiger partial charge in [0.05, 0.1) is 6.10 Å². The Morgan fingerprint density at radius 1 is 1.40 bits per heavy atom. The second-order valence-electron chi connectivity index (χ2n) is 7.43. The first kappa shape index (κ1) is 18.9. The highest BCUT2D eigenvalue weighted by Gasteiger charge is 2.65. The summed E-state index contributed by atoms with van der Waals surface area (Å²) in [5.41, 5.74) is 0.369. The molecule has 6 nitrogen and oxygen atoms in total. The van der Waals surface area contributed by atoms with Gasteiger partial charge in [0.2, 0.25) is 0 Å². The molecule has 1 aliphatic heterocycles. The first-order valence-electron chi connectivity index (χ1n) is 9.40. The minimum atomic E-state index is 0. The molecule has 2 aliphatic carbocycles. The molecule has 140 valence electrons. The van der Waals surface area contributed by atoms with Crippen molar-refractivity contribution in [3.63, 3.8) is 0 Å². The van der Waals surface area contributed by atoms with Gasteiger partial charge in [-0.1, -0.05) is 12.8 Å². The first-order chi connectivity index (χ1) is 11.8. The minimum absolute atomic E-state index is 0. The van der Waals surface area contributed by atoms with Gasteiger partial charge in [0.1, 0.15) is 0 Å². The zero-order chi connectivity index (χ0) is 16.4. The number of aliphatic imine (C=N–C) groups is 1. The summed E-state index contributed by atoms with van der Waals surface area (Å²) in [6.07, 6.45) is 11.9. The predicted octanol–water partition coefficient (Wildman–Crippen LogP) is 2.40. The van der Waals surface area contributed by atoms with E-state index in [0.717, 1.165) is 32.1 Å². The smallest absolute Gasteiger partial charge is 0.191 e. The molecule has 2 saturated carbocycles. The first-order valence-corrected chi connectivity index (χ1v) is 9.40. The number of nitrogens with zero attached hydrogens (tertiary/aromatic N) is 3. The van der Waals surface area contributed by atoms with Gasteiger partial charge in [-0.3, -0.25) is 9.67 Å². The lowest BCUT2D eigenvalue weighted by Gasteiger charge is -2.57. The van der Waals surface area contributed by atoms with Crippen LogP contribution in [0.4, 0.5) is 0 Å². The average molecular weight is 459 g/mol. The Morgan fingerprint density at radius 2 is 2.24 bits per heavy atom. The third-order valence-electron chi connectivity index (χ3n) is 6.22. The molecule has 2 N–H and O–H groups in total. The van der Waals surface area contributed by atoms with Crippen molar-refractivity contribution in [3.05, 3.63) is 18.5 Å². The van der Waals surface area contributed by atoms with Crippen LogP contribution in [0.5, 0.6) is 0 Å². The highest BCUT2D eigenvalue weighted by atomic mass is 127. The molecule has 1 aromatic rings. The Hall–Kier alpha value is -0.830. The van der Waals surface area contributed by atoms with Gasteiger partial charge in [-0.2, -0.15) is 5.10 Å². The summed E-state index contributed by atoms with van der Waals surface area (Å²) in [6, 6.07) is 2.50. The van der Waals surface area contributed by atoms with Gasteiger partial charge < -0.3 is 15.4 Å². The van der Waals surface area contributed by atoms with Crippen molar-refractivity contribution in [2.45, 2.75) is 57.2 Å². The van der Waals surface area contributed by atoms with Crippen molar-refractivity contribution in [1.29, 1.82) is 0 Å². The third-order valence-corrected chi connectivity index (χ3v) is 6.22. The van der Waals surface area contributed by atoms with E-state index in [2.05, 4.69) is 20.7 Å². The molecule has 2 heterocycles. The van der Waals surface area contributed by atoms with E-state index in [9.17, 15) is 0 Å². The molecule has 25 heavy (non-hydrogen) atoms. The highest BCUT2D eigenvalue weighted by molar-refractivity contribution is 14.0. The standard InChI is InChI=1S/C18H29N5O.HI/c1-19-17(20-9-4-11-23-12-5-10-21-23)22-15-14-6-13-24-16(14)18(15)7-2-3-8-18;/h5,10,12,14-16H,2-4,6-9,11,13H2,1H3,(H2,19,20,22);1H. The summed E-state index contributed by atoms with van der Waals surface area (Å²) >= 11 is 0. The second kappa shape index (κ2) is 8.24. The number of rotatable bonds is 5. The Kier molecular flexibility index (Phi) is 6.25. The van der Waals surface area contributed by atoms with Crippen molar-refractivity contribution in [2.24, 2.45) is 16.3 Å². The van der Waals surface area contributed by atoms with Gasteiger partial charge in [-0.05, 0) is 31.7 Å². The van der Waals surface area contributed by atoms with Gasteiger partial charge in [-0.25, -0.2) is 0 Å². The van der Waals surface area contributed by atoms with Crippen molar-refractivity contribution >= 4 is 29.9 Å². The lowest BCUT2D eigenvalue weighted by molar-refractivity contribution is -0.125. The second-order valence-corrected chi connectivity index (χ2v) is 7.43. The zero-order valence-electron chi connectivity index (χ0n) is 15.0. The van der Waals surface area contributed by atoms with Crippen molar-refractivity contribution in [3.8, 4) is 0 Å². The largest absolute Gasteiger partial charge is 0.377 e. The van der Waals surface area contributed by atoms with Crippen LogP contribution in [0.3, 0.4) is 0 Å². The molecular formula is C18H30IN5O. The molecular weight excluding hydrogens is 429 g/mol. The summed E-state index contributed by atoms with van der Waals surface area (Å²) < 4.78 is 8.04. The van der Waals surface area contributed by atoms with Crippen LogP contribution in [0, 0.1) is 11.3 Å². The van der Waals surface area contributed by atoms with Crippen molar-refractivity contribution in [2.75, 3.05) is 20.2 Å². The monoisotopic (exact) mass is 459 g/mol. The lowest BCUT2D eigenvalue weighted by atomic mass is 9.54. The van der Waals surface area contributed by atoms with Crippen LogP contribution in [0.25, 0.3) is 0 Å². The molecule has 0 amide bonds. The fourth-order valence-corrected chi connectivity index (χ4v) is 5.13. The number of hydrogen-bond donors (Lipinski definition) is 2. The van der Waals surface area contributed by atoms with Crippen LogP contribution in [0.2, 0.25) is 0 Å². The van der Waals surface area contributed by atoms with Gasteiger partial charge in [0.15, 0.2) is 5.96 Å². The fraction of sp³-hybridized carbons (Fsp3) is 0.778. The average Bonchev–Trinajstić information content (AvgIpc) is 3.34. The van der Waals surface area contributed by atoms with Gasteiger partial charge in [0.25, 0.3) is 0 Å². The van der Waals surface area contributed by atoms with E-state index in [1.807, 2.05) is 30.2 Å². The maximum absolute atomic E-state index is 6.07. The predicted molar refractivity (Wildman–Crippen MR) is 109 cm³/mol. The minimum Gasteiger partial charge on any atom is -0.377 e. The van der Waals surface area contributed by atoms with E-state index >= 15 is 0 Å². The summed E-state index contributed by atoms with van der Waals surface area (Å²) in [5.74, 6) is 1.61. The van der Waals surface area contributed by atoms with Gasteiger partial charge in [-0.15, -0.1) is 24.0 Å². The molecule has 7 heteroatoms. The van der Waals surface area contributed by atoms with Crippen LogP contribution in [-0.2, 0) is 11.3 Å². The number of fused-ring (bicyclic) bond motifs is 2. The molecule has 3 fully saturated rings. The molecule has 0 aromatic carbocycles. The maximum atomic E-state index is 6.07. The summed E-state index contributed by atoms with van der Waals surface area (Å²) in [6.45, 7) is 2.78. The summed E-state index contributed by atoms with van der Waals surface area (Å²) in [4.78, 5) is 4.44. The molecule has 1 aromatic heterocycles. The zero-order valence-corrected chi connectivity index (χ0v) is 17.3. The number of hydrogen-bond acceptors (Lipinski definition) is 3. The number of guanidine groups is 1. The lowest BCUT2D eigenvalue weighted by Crippen LogP contribution is -2.69. The molecule has 3 aliphatic rings. The Balaban J connectivity index is 0.00000182. The van der Waals surface area contributed by atoms with E-state index < -0.39 is 0 Å². The molecule has 0 radical (unpaired) electrons. The summed E-state index contributed by atoms with van der Waals surface area (Å²) in [7, 11) is 1.87. The quantitative estimate of drug-likeness (QED) is 0.307. The Bertz CT molecular complexity index is 570. The number of nitrogens with one attached hydrogen (secondary N) is 2. The number of halogens is 1. The molecule has 1 spiro atoms. The van der Waals surface area contributed by atoms with Crippen LogP contribution in [0.1, 0.15) is 38.5 Å². The molecule has 0 bridgehead atoms. The number of ether oxygens (including phenoxy) is 1. The SMILES string of the molecule is CN=C(NCCCn1cccn1)NC1C2CCOC2C12CCCC2.I. The van der Waals surface area contributed by atoms with Crippen LogP contribution in [0.15, 0.2) is 23.5 Å². The van der Waals surface area contributed by atoms with Crippen molar-refractivity contribution < 1.29 is 4.74 Å². The Labute approximate surface area is 167 Å². The van der Waals surface area contributed by atoms with E-state index in [4.69, 9.17) is 4.74 Å². The maximum Gasteiger partial charge on any atom is 0.191 e. The van der Waals surface area contributed by atoms with Gasteiger partial charge in [0, 0.05) is 56.5 Å². The topological polar surface area (TPSA) is 63.5 Å². The highest BCUT2D eigenvalue weighted by Crippen LogP contribution is 2.60. The third kappa shape index (κ3) is 3.54. The van der Waals surface area contributed by atoms with E-state index in [0.29, 0.717) is 23.5 Å². The Morgan fingerprint density at radius 3 is 2.96 bits per heavy atom. The van der Waals surface area contributed by atoms with Crippen LogP contribution >= 0.6 is 24.0 Å². The van der Waals surface area contributed by atoms with Crippen LogP contribution in [-0.4, -0.2) is 48.1 Å². The number of aryl methyl sites for hydroxylation is 1. The van der Waals surface area contributed by atoms with Crippen LogP contribution < -0.4 is 10.6 Å². The fourth-order valence-electron chi connectivity index (χ4n) is 5.13. The summed E-state index contributed by atoms with van der Waals surface area (Å²) in [5, 5.41) is 11.4. The van der Waals surface area contributed by atoms with Crippen molar-refractivity contribution in [1.82, 2.24) is 20.4 Å². The normalized spacial score (nSPS) is 29.8. The molecule has 3 atom stereocenters. The van der Waals surface area contributed by atoms with E-state index in [-0.39, 0.29) is 24.0 Å². The van der Waals surface area contributed by atoms with E-state index in [1.165, 1.54) is 32.1 Å². The molecule has 1 saturated heterocycles. The molecule has 3 unspecified atom stereocenters. The van der Waals surface area contributed by atoms with E-state index in [1.54, 1.807) is 0 Å². The van der Waals surface area contributed by atoms with Gasteiger partial charge >= 0.3 is 0 Å².